The van der Waals surface area contributed by atoms with Crippen LogP contribution >= 0.6 is 0 Å². The number of nitrogens with zero attached hydrogens (tertiary/aromatic N) is 1. The number of benzene rings is 1. The number of halogens is 1. The van der Waals surface area contributed by atoms with Gasteiger partial charge in [0.1, 0.15) is 5.82 Å². The Hall–Kier alpha value is -2.70. The number of nitrogens with one attached hydrogen (secondary N) is 2. The fourth-order valence-corrected chi connectivity index (χ4v) is 1.52. The smallest absolute Gasteiger partial charge is 0.335 e. The van der Waals surface area contributed by atoms with E-state index in [9.17, 15) is 14.0 Å². The second-order valence-corrected chi connectivity index (χ2v) is 3.86. The van der Waals surface area contributed by atoms with Crippen molar-refractivity contribution in [1.82, 2.24) is 10.2 Å². The molecule has 0 aliphatic rings. The number of carbonyl (C=O) groups is 2. The second-order valence-electron chi connectivity index (χ2n) is 3.86. The lowest BCUT2D eigenvalue weighted by Gasteiger charge is -2.06. The van der Waals surface area contributed by atoms with Gasteiger partial charge < -0.3 is 10.4 Å². The number of aromatic carboxylic acids is 1. The Kier molecular flexibility index (Phi) is 3.28. The second kappa shape index (κ2) is 4.89. The first-order valence-corrected chi connectivity index (χ1v) is 5.33. The number of rotatable bonds is 3. The molecule has 0 spiro atoms. The van der Waals surface area contributed by atoms with Crippen molar-refractivity contribution in [2.45, 2.75) is 6.92 Å². The lowest BCUT2D eigenvalue weighted by Crippen LogP contribution is -2.14. The van der Waals surface area contributed by atoms with Crippen molar-refractivity contribution in [2.75, 3.05) is 5.32 Å². The lowest BCUT2D eigenvalue weighted by atomic mass is 10.2. The summed E-state index contributed by atoms with van der Waals surface area (Å²) in [5.74, 6) is -2.47. The summed E-state index contributed by atoms with van der Waals surface area (Å²) < 4.78 is 13.5. The Labute approximate surface area is 107 Å². The van der Waals surface area contributed by atoms with Crippen LogP contribution in [0.2, 0.25) is 0 Å². The van der Waals surface area contributed by atoms with Crippen LogP contribution in [0.4, 0.5) is 10.1 Å². The lowest BCUT2D eigenvalue weighted by molar-refractivity contribution is 0.0696. The summed E-state index contributed by atoms with van der Waals surface area (Å²) in [5.41, 5.74) is 0.499. The molecule has 7 heteroatoms. The van der Waals surface area contributed by atoms with Gasteiger partial charge in [-0.05, 0) is 25.1 Å². The van der Waals surface area contributed by atoms with E-state index in [4.69, 9.17) is 5.11 Å². The number of amides is 1. The fourth-order valence-electron chi connectivity index (χ4n) is 1.52. The number of carboxylic acid groups (broad SMARTS) is 1. The zero-order valence-electron chi connectivity index (χ0n) is 9.90. The monoisotopic (exact) mass is 263 g/mol. The van der Waals surface area contributed by atoms with Crippen molar-refractivity contribution < 1.29 is 19.1 Å². The van der Waals surface area contributed by atoms with Gasteiger partial charge in [0.05, 0.1) is 23.0 Å². The van der Waals surface area contributed by atoms with Crippen molar-refractivity contribution in [3.05, 3.63) is 47.0 Å². The first kappa shape index (κ1) is 12.7. The number of aryl methyl sites for hydroxylation is 1. The molecule has 2 aromatic rings. The first-order valence-electron chi connectivity index (χ1n) is 5.33. The molecule has 1 aromatic carbocycles. The number of hydrogen-bond acceptors (Lipinski definition) is 3. The molecule has 98 valence electrons. The molecule has 0 aliphatic heterocycles. The van der Waals surface area contributed by atoms with E-state index in [0.717, 1.165) is 18.2 Å². The largest absolute Gasteiger partial charge is 0.478 e. The summed E-state index contributed by atoms with van der Waals surface area (Å²) in [7, 11) is 0. The van der Waals surface area contributed by atoms with Gasteiger partial charge in [-0.3, -0.25) is 9.89 Å². The molecule has 19 heavy (non-hydrogen) atoms. The van der Waals surface area contributed by atoms with E-state index in [1.54, 1.807) is 6.92 Å². The SMILES string of the molecule is Cc1[nH]ncc1C(=O)Nc1cc(C(=O)O)ccc1F. The average Bonchev–Trinajstić information content (AvgIpc) is 2.78. The summed E-state index contributed by atoms with van der Waals surface area (Å²) in [6, 6.07) is 3.17. The highest BCUT2D eigenvalue weighted by atomic mass is 19.1. The maximum atomic E-state index is 13.5. The molecule has 0 bridgehead atoms. The molecule has 2 rings (SSSR count). The number of anilines is 1. The van der Waals surface area contributed by atoms with Crippen LogP contribution in [-0.2, 0) is 0 Å². The Morgan fingerprint density at radius 2 is 2.16 bits per heavy atom. The molecule has 1 amide bonds. The third kappa shape index (κ3) is 2.59. The van der Waals surface area contributed by atoms with E-state index in [0.29, 0.717) is 5.69 Å². The van der Waals surface area contributed by atoms with Gasteiger partial charge in [0.2, 0.25) is 0 Å². The predicted octanol–water partition coefficient (Wildman–Crippen LogP) is 1.81. The summed E-state index contributed by atoms with van der Waals surface area (Å²) in [4.78, 5) is 22.6. The van der Waals surface area contributed by atoms with Crippen LogP contribution in [-0.4, -0.2) is 27.2 Å². The molecule has 0 saturated carbocycles. The Bertz CT molecular complexity index is 651. The molecule has 0 atom stereocenters. The van der Waals surface area contributed by atoms with Crippen LogP contribution in [0.25, 0.3) is 0 Å². The van der Waals surface area contributed by atoms with E-state index >= 15 is 0 Å². The zero-order chi connectivity index (χ0) is 14.0. The highest BCUT2D eigenvalue weighted by molar-refractivity contribution is 6.05. The number of H-pyrrole nitrogens is 1. The van der Waals surface area contributed by atoms with Gasteiger partial charge in [-0.15, -0.1) is 0 Å². The molecule has 0 saturated heterocycles. The Morgan fingerprint density at radius 1 is 1.42 bits per heavy atom. The van der Waals surface area contributed by atoms with Gasteiger partial charge in [0.25, 0.3) is 5.91 Å². The van der Waals surface area contributed by atoms with Crippen LogP contribution in [0.15, 0.2) is 24.4 Å². The molecular weight excluding hydrogens is 253 g/mol. The fraction of sp³-hybridized carbons (Fsp3) is 0.0833. The van der Waals surface area contributed by atoms with Gasteiger partial charge in [-0.1, -0.05) is 0 Å². The minimum Gasteiger partial charge on any atom is -0.478 e. The van der Waals surface area contributed by atoms with Gasteiger partial charge in [0, 0.05) is 5.69 Å². The third-order valence-electron chi connectivity index (χ3n) is 2.54. The molecule has 0 aliphatic carbocycles. The van der Waals surface area contributed by atoms with E-state index in [1.165, 1.54) is 6.20 Å². The minimum atomic E-state index is -1.20. The van der Waals surface area contributed by atoms with Gasteiger partial charge in [0.15, 0.2) is 0 Å². The molecule has 6 nitrogen and oxygen atoms in total. The van der Waals surface area contributed by atoms with E-state index in [1.807, 2.05) is 0 Å². The van der Waals surface area contributed by atoms with Crippen molar-refractivity contribution in [2.24, 2.45) is 0 Å². The summed E-state index contributed by atoms with van der Waals surface area (Å²) in [5, 5.41) is 17.4. The number of carboxylic acids is 1. The van der Waals surface area contributed by atoms with Crippen LogP contribution in [0.3, 0.4) is 0 Å². The molecule has 0 unspecified atom stereocenters. The predicted molar refractivity (Wildman–Crippen MR) is 64.6 cm³/mol. The van der Waals surface area contributed by atoms with Crippen LogP contribution < -0.4 is 5.32 Å². The van der Waals surface area contributed by atoms with Crippen molar-refractivity contribution in [3.8, 4) is 0 Å². The maximum Gasteiger partial charge on any atom is 0.335 e. The topological polar surface area (TPSA) is 95.1 Å². The number of aromatic nitrogens is 2. The summed E-state index contributed by atoms with van der Waals surface area (Å²) in [6.07, 6.45) is 1.31. The van der Waals surface area contributed by atoms with Gasteiger partial charge in [-0.25, -0.2) is 9.18 Å². The average molecular weight is 263 g/mol. The molecule has 0 fully saturated rings. The molecule has 0 radical (unpaired) electrons. The van der Waals surface area contributed by atoms with E-state index in [2.05, 4.69) is 15.5 Å². The van der Waals surface area contributed by atoms with Crippen LogP contribution in [0, 0.1) is 12.7 Å². The molecule has 3 N–H and O–H groups in total. The first-order chi connectivity index (χ1) is 8.99. The number of aromatic amines is 1. The molecular formula is C12H10FN3O3. The Morgan fingerprint density at radius 3 is 2.74 bits per heavy atom. The highest BCUT2D eigenvalue weighted by Gasteiger charge is 2.14. The Balaban J connectivity index is 2.28. The van der Waals surface area contributed by atoms with Gasteiger partial charge >= 0.3 is 5.97 Å². The van der Waals surface area contributed by atoms with Gasteiger partial charge in [-0.2, -0.15) is 5.10 Å². The number of carbonyl (C=O) groups excluding carboxylic acids is 1. The molecule has 1 aromatic heterocycles. The van der Waals surface area contributed by atoms with Crippen molar-refractivity contribution in [1.29, 1.82) is 0 Å². The standard InChI is InChI=1S/C12H10FN3O3/c1-6-8(5-14-16-6)11(17)15-10-4-7(12(18)19)2-3-9(10)13/h2-5H,1H3,(H,14,16)(H,15,17)(H,18,19). The highest BCUT2D eigenvalue weighted by Crippen LogP contribution is 2.17. The number of hydrogen-bond donors (Lipinski definition) is 3. The van der Waals surface area contributed by atoms with Crippen molar-refractivity contribution >= 4 is 17.6 Å². The summed E-state index contributed by atoms with van der Waals surface area (Å²) in [6.45, 7) is 1.64. The van der Waals surface area contributed by atoms with E-state index < -0.39 is 17.7 Å². The third-order valence-corrected chi connectivity index (χ3v) is 2.54. The van der Waals surface area contributed by atoms with Crippen molar-refractivity contribution in [3.63, 3.8) is 0 Å². The van der Waals surface area contributed by atoms with E-state index in [-0.39, 0.29) is 16.8 Å². The minimum absolute atomic E-state index is 0.111. The van der Waals surface area contributed by atoms with Crippen LogP contribution in [0.5, 0.6) is 0 Å². The summed E-state index contributed by atoms with van der Waals surface area (Å²) >= 11 is 0. The van der Waals surface area contributed by atoms with Crippen LogP contribution in [0.1, 0.15) is 26.4 Å². The molecule has 1 heterocycles. The maximum absolute atomic E-state index is 13.5. The zero-order valence-corrected chi connectivity index (χ0v) is 9.90. The quantitative estimate of drug-likeness (QED) is 0.787. The normalized spacial score (nSPS) is 10.2.